The van der Waals surface area contributed by atoms with Crippen molar-refractivity contribution in [2.45, 2.75) is 25.3 Å². The summed E-state index contributed by atoms with van der Waals surface area (Å²) < 4.78 is 0. The molecule has 0 spiro atoms. The Morgan fingerprint density at radius 3 is 3.09 bits per heavy atom. The Morgan fingerprint density at radius 2 is 2.30 bits per heavy atom. The molecule has 0 unspecified atom stereocenters. The molecule has 1 saturated heterocycles. The van der Waals surface area contributed by atoms with E-state index in [1.807, 2.05) is 23.2 Å². The molecular formula is C17H17N5O. The van der Waals surface area contributed by atoms with Crippen molar-refractivity contribution >= 4 is 11.6 Å². The van der Waals surface area contributed by atoms with Gasteiger partial charge in [0.15, 0.2) is 6.19 Å². The van der Waals surface area contributed by atoms with Crippen LogP contribution in [0.1, 0.15) is 18.4 Å². The minimum Gasteiger partial charge on any atom is -0.310 e. The number of likely N-dealkylation sites (tertiary alicyclic amines) is 1. The summed E-state index contributed by atoms with van der Waals surface area (Å²) in [5.41, 5.74) is 4.31. The van der Waals surface area contributed by atoms with E-state index in [9.17, 15) is 10.1 Å². The number of nitrogens with one attached hydrogen (secondary N) is 1. The van der Waals surface area contributed by atoms with Gasteiger partial charge in [-0.2, -0.15) is 10.4 Å². The zero-order valence-electron chi connectivity index (χ0n) is 12.7. The number of hydrogen-bond donors (Lipinski definition) is 1. The number of anilines is 1. The van der Waals surface area contributed by atoms with Crippen LogP contribution in [0.5, 0.6) is 0 Å². The Hall–Kier alpha value is -2.81. The van der Waals surface area contributed by atoms with Gasteiger partial charge >= 0.3 is 0 Å². The lowest BCUT2D eigenvalue weighted by atomic mass is 10.0. The highest BCUT2D eigenvalue weighted by molar-refractivity contribution is 6.00. The van der Waals surface area contributed by atoms with E-state index >= 15 is 0 Å². The minimum absolute atomic E-state index is 0.0483. The number of benzene rings is 1. The average Bonchev–Trinajstić information content (AvgIpc) is 3.32. The van der Waals surface area contributed by atoms with E-state index in [2.05, 4.69) is 22.5 Å². The van der Waals surface area contributed by atoms with Crippen molar-refractivity contribution in [1.29, 1.82) is 5.26 Å². The Bertz CT molecular complexity index is 777. The van der Waals surface area contributed by atoms with Gasteiger partial charge in [-0.05, 0) is 36.5 Å². The lowest BCUT2D eigenvalue weighted by molar-refractivity contribution is -0.121. The number of carbonyl (C=O) groups excluding carboxylic acids is 1. The maximum Gasteiger partial charge on any atom is 0.250 e. The molecule has 1 aromatic carbocycles. The third-order valence-corrected chi connectivity index (χ3v) is 4.77. The molecule has 1 atom stereocenters. The van der Waals surface area contributed by atoms with Crippen LogP contribution in [0.25, 0.3) is 11.1 Å². The van der Waals surface area contributed by atoms with Gasteiger partial charge in [-0.1, -0.05) is 12.1 Å². The SMILES string of the molecule is N#CN1CCC[C@H]1C(=O)N1CCc2c(-c3cn[nH]c3)cccc21. The molecule has 2 aromatic rings. The Kier molecular flexibility index (Phi) is 3.27. The van der Waals surface area contributed by atoms with Gasteiger partial charge in [-0.3, -0.25) is 14.8 Å². The van der Waals surface area contributed by atoms with Crippen LogP contribution in [0.15, 0.2) is 30.6 Å². The summed E-state index contributed by atoms with van der Waals surface area (Å²) in [6, 6.07) is 5.73. The number of amides is 1. The fourth-order valence-electron chi connectivity index (χ4n) is 3.65. The number of hydrogen-bond acceptors (Lipinski definition) is 4. The molecule has 1 amide bonds. The smallest absolute Gasteiger partial charge is 0.250 e. The Labute approximate surface area is 134 Å². The summed E-state index contributed by atoms with van der Waals surface area (Å²) in [6.45, 7) is 1.36. The fourth-order valence-corrected chi connectivity index (χ4v) is 3.65. The quantitative estimate of drug-likeness (QED) is 0.860. The molecule has 6 nitrogen and oxygen atoms in total. The normalized spacial score (nSPS) is 19.7. The summed E-state index contributed by atoms with van der Waals surface area (Å²) in [7, 11) is 0. The first kappa shape index (κ1) is 13.8. The molecule has 0 bridgehead atoms. The molecule has 1 N–H and O–H groups in total. The first-order valence-electron chi connectivity index (χ1n) is 7.88. The van der Waals surface area contributed by atoms with Crippen LogP contribution in [0.3, 0.4) is 0 Å². The highest BCUT2D eigenvalue weighted by atomic mass is 16.2. The Balaban J connectivity index is 1.68. The molecule has 0 radical (unpaired) electrons. The lowest BCUT2D eigenvalue weighted by Crippen LogP contribution is -2.43. The van der Waals surface area contributed by atoms with Gasteiger partial charge in [0.25, 0.3) is 0 Å². The zero-order chi connectivity index (χ0) is 15.8. The molecule has 0 aliphatic carbocycles. The summed E-state index contributed by atoms with van der Waals surface area (Å²) in [5, 5.41) is 16.0. The number of rotatable bonds is 2. The van der Waals surface area contributed by atoms with E-state index in [1.165, 1.54) is 5.56 Å². The van der Waals surface area contributed by atoms with E-state index in [-0.39, 0.29) is 11.9 Å². The first-order valence-corrected chi connectivity index (χ1v) is 7.88. The maximum atomic E-state index is 12.9. The molecule has 6 heteroatoms. The monoisotopic (exact) mass is 307 g/mol. The summed E-state index contributed by atoms with van der Waals surface area (Å²) in [6.07, 6.45) is 8.32. The van der Waals surface area contributed by atoms with Gasteiger partial charge in [0, 0.05) is 30.5 Å². The van der Waals surface area contributed by atoms with Crippen molar-refractivity contribution in [2.24, 2.45) is 0 Å². The van der Waals surface area contributed by atoms with Crippen LogP contribution < -0.4 is 4.90 Å². The molecule has 0 saturated carbocycles. The molecule has 2 aliphatic rings. The third kappa shape index (κ3) is 2.16. The van der Waals surface area contributed by atoms with Crippen LogP contribution in [0, 0.1) is 11.5 Å². The second kappa shape index (κ2) is 5.43. The molecule has 116 valence electrons. The topological polar surface area (TPSA) is 76.0 Å². The second-order valence-electron chi connectivity index (χ2n) is 5.98. The van der Waals surface area contributed by atoms with Gasteiger partial charge in [0.05, 0.1) is 6.20 Å². The van der Waals surface area contributed by atoms with Crippen molar-refractivity contribution in [1.82, 2.24) is 15.1 Å². The first-order chi connectivity index (χ1) is 11.3. The largest absolute Gasteiger partial charge is 0.310 e. The van der Waals surface area contributed by atoms with Crippen molar-refractivity contribution in [3.8, 4) is 17.3 Å². The van der Waals surface area contributed by atoms with Crippen molar-refractivity contribution in [2.75, 3.05) is 18.0 Å². The highest BCUT2D eigenvalue weighted by Gasteiger charge is 2.36. The van der Waals surface area contributed by atoms with Crippen LogP contribution >= 0.6 is 0 Å². The maximum absolute atomic E-state index is 12.9. The molecule has 1 fully saturated rings. The molecule has 3 heterocycles. The summed E-state index contributed by atoms with van der Waals surface area (Å²) >= 11 is 0. The van der Waals surface area contributed by atoms with Gasteiger partial charge in [0.2, 0.25) is 5.91 Å². The highest BCUT2D eigenvalue weighted by Crippen LogP contribution is 2.37. The zero-order valence-corrected chi connectivity index (χ0v) is 12.7. The van der Waals surface area contributed by atoms with Crippen LogP contribution in [0.2, 0.25) is 0 Å². The number of aromatic nitrogens is 2. The van der Waals surface area contributed by atoms with Crippen LogP contribution in [-0.4, -0.2) is 40.1 Å². The molecule has 2 aliphatic heterocycles. The molecule has 23 heavy (non-hydrogen) atoms. The van der Waals surface area contributed by atoms with Crippen LogP contribution in [-0.2, 0) is 11.2 Å². The standard InChI is InChI=1S/C17H17N5O/c18-11-21-7-2-5-16(21)17(23)22-8-6-14-13(3-1-4-15(14)22)12-9-19-20-10-12/h1,3-4,9-10,16H,2,5-8H2,(H,19,20)/t16-/m0/s1. The predicted molar refractivity (Wildman–Crippen MR) is 85.4 cm³/mol. The van der Waals surface area contributed by atoms with Gasteiger partial charge in [-0.25, -0.2) is 0 Å². The number of aromatic amines is 1. The van der Waals surface area contributed by atoms with Gasteiger partial charge < -0.3 is 4.90 Å². The number of nitrogens with zero attached hydrogens (tertiary/aromatic N) is 4. The fraction of sp³-hybridized carbons (Fsp3) is 0.353. The number of H-pyrrole nitrogens is 1. The van der Waals surface area contributed by atoms with E-state index in [4.69, 9.17) is 0 Å². The van der Waals surface area contributed by atoms with Crippen molar-refractivity contribution < 1.29 is 4.79 Å². The summed E-state index contributed by atoms with van der Waals surface area (Å²) in [5.74, 6) is 0.0483. The Morgan fingerprint density at radius 1 is 1.39 bits per heavy atom. The predicted octanol–water partition coefficient (Wildman–Crippen LogP) is 1.91. The number of nitriles is 1. The van der Waals surface area contributed by atoms with E-state index in [0.717, 1.165) is 36.1 Å². The van der Waals surface area contributed by atoms with E-state index in [0.29, 0.717) is 13.1 Å². The molecule has 4 rings (SSSR count). The van der Waals surface area contributed by atoms with Gasteiger partial charge in [0.1, 0.15) is 6.04 Å². The number of carbonyl (C=O) groups is 1. The average molecular weight is 307 g/mol. The molecule has 1 aromatic heterocycles. The number of fused-ring (bicyclic) bond motifs is 1. The lowest BCUT2D eigenvalue weighted by Gasteiger charge is -2.24. The van der Waals surface area contributed by atoms with Crippen molar-refractivity contribution in [3.05, 3.63) is 36.2 Å². The summed E-state index contributed by atoms with van der Waals surface area (Å²) in [4.78, 5) is 16.3. The second-order valence-corrected chi connectivity index (χ2v) is 5.98. The molecular weight excluding hydrogens is 290 g/mol. The third-order valence-electron chi connectivity index (χ3n) is 4.77. The minimum atomic E-state index is -0.302. The van der Waals surface area contributed by atoms with Crippen LogP contribution in [0.4, 0.5) is 5.69 Å². The van der Waals surface area contributed by atoms with E-state index < -0.39 is 0 Å². The van der Waals surface area contributed by atoms with Crippen molar-refractivity contribution in [3.63, 3.8) is 0 Å². The van der Waals surface area contributed by atoms with Gasteiger partial charge in [-0.15, -0.1) is 0 Å². The van der Waals surface area contributed by atoms with E-state index in [1.54, 1.807) is 11.1 Å².